The number of anilines is 1. The van der Waals surface area contributed by atoms with Gasteiger partial charge in [0.2, 0.25) is 0 Å². The summed E-state index contributed by atoms with van der Waals surface area (Å²) in [5, 5.41) is 0. The zero-order valence-electron chi connectivity index (χ0n) is 16.2. The fraction of sp³-hybridized carbons (Fsp3) is 0.182. The van der Waals surface area contributed by atoms with Crippen molar-refractivity contribution >= 4 is 23.6 Å². The summed E-state index contributed by atoms with van der Waals surface area (Å²) in [7, 11) is 4.42. The molecule has 0 aromatic heterocycles. The summed E-state index contributed by atoms with van der Waals surface area (Å²) in [6.07, 6.45) is 1.65. The van der Waals surface area contributed by atoms with E-state index in [1.54, 1.807) is 57.6 Å². The van der Waals surface area contributed by atoms with Crippen LogP contribution in [0.3, 0.4) is 0 Å². The number of amides is 1. The van der Waals surface area contributed by atoms with Crippen LogP contribution in [0.4, 0.5) is 5.69 Å². The van der Waals surface area contributed by atoms with Gasteiger partial charge < -0.3 is 14.2 Å². The van der Waals surface area contributed by atoms with Crippen LogP contribution in [0.15, 0.2) is 65.4 Å². The molecule has 1 aliphatic rings. The lowest BCUT2D eigenvalue weighted by atomic mass is 10.0. The fourth-order valence-electron chi connectivity index (χ4n) is 3.16. The van der Waals surface area contributed by atoms with Crippen LogP contribution in [0, 0.1) is 0 Å². The number of rotatable bonds is 5. The Morgan fingerprint density at radius 3 is 2.25 bits per heavy atom. The molecule has 0 N–H and O–H groups in total. The lowest BCUT2D eigenvalue weighted by molar-refractivity contribution is -0.136. The SMILES string of the molecule is COC(=O)C1=C(C)N(c2ccc(OC)cc2)C(=O)/C1=C\c1ccccc1OC. The summed E-state index contributed by atoms with van der Waals surface area (Å²) < 4.78 is 15.5. The van der Waals surface area contributed by atoms with E-state index < -0.39 is 5.97 Å². The van der Waals surface area contributed by atoms with Crippen molar-refractivity contribution in [1.29, 1.82) is 0 Å². The van der Waals surface area contributed by atoms with E-state index in [0.717, 1.165) is 0 Å². The molecule has 144 valence electrons. The summed E-state index contributed by atoms with van der Waals surface area (Å²) in [5.41, 5.74) is 2.31. The van der Waals surface area contributed by atoms with E-state index >= 15 is 0 Å². The smallest absolute Gasteiger partial charge is 0.340 e. The van der Waals surface area contributed by atoms with Gasteiger partial charge in [0.25, 0.3) is 5.91 Å². The molecule has 0 aliphatic carbocycles. The highest BCUT2D eigenvalue weighted by Gasteiger charge is 2.38. The average molecular weight is 379 g/mol. The van der Waals surface area contributed by atoms with Crippen molar-refractivity contribution in [2.45, 2.75) is 6.92 Å². The number of para-hydroxylation sites is 1. The molecular formula is C22H21NO5. The molecule has 6 nitrogen and oxygen atoms in total. The highest BCUT2D eigenvalue weighted by atomic mass is 16.5. The van der Waals surface area contributed by atoms with Gasteiger partial charge in [0.05, 0.1) is 32.5 Å². The zero-order valence-corrected chi connectivity index (χ0v) is 16.2. The molecule has 0 saturated heterocycles. The molecule has 1 heterocycles. The molecule has 2 aromatic carbocycles. The maximum atomic E-state index is 13.2. The van der Waals surface area contributed by atoms with E-state index in [1.165, 1.54) is 12.0 Å². The maximum absolute atomic E-state index is 13.2. The first kappa shape index (κ1) is 19.2. The number of hydrogen-bond acceptors (Lipinski definition) is 5. The molecule has 0 unspecified atom stereocenters. The summed E-state index contributed by atoms with van der Waals surface area (Å²) in [6, 6.07) is 14.3. The second-order valence-corrected chi connectivity index (χ2v) is 6.09. The van der Waals surface area contributed by atoms with Gasteiger partial charge in [-0.25, -0.2) is 4.79 Å². The Morgan fingerprint density at radius 2 is 1.64 bits per heavy atom. The van der Waals surface area contributed by atoms with E-state index in [1.807, 2.05) is 18.2 Å². The topological polar surface area (TPSA) is 65.1 Å². The minimum absolute atomic E-state index is 0.231. The normalized spacial score (nSPS) is 15.2. The average Bonchev–Trinajstić information content (AvgIpc) is 2.97. The summed E-state index contributed by atoms with van der Waals surface area (Å²) in [4.78, 5) is 27.2. The molecule has 0 saturated carbocycles. The predicted octanol–water partition coefficient (Wildman–Crippen LogP) is 3.58. The molecule has 0 radical (unpaired) electrons. The molecule has 6 heteroatoms. The second kappa shape index (κ2) is 8.00. The molecule has 1 amide bonds. The van der Waals surface area contributed by atoms with Crippen molar-refractivity contribution in [3.8, 4) is 11.5 Å². The third kappa shape index (κ3) is 3.36. The van der Waals surface area contributed by atoms with Crippen LogP contribution in [0.5, 0.6) is 11.5 Å². The van der Waals surface area contributed by atoms with Crippen LogP contribution < -0.4 is 14.4 Å². The van der Waals surface area contributed by atoms with Gasteiger partial charge in [-0.1, -0.05) is 18.2 Å². The van der Waals surface area contributed by atoms with E-state index in [0.29, 0.717) is 28.4 Å². The third-order valence-electron chi connectivity index (χ3n) is 4.56. The van der Waals surface area contributed by atoms with Gasteiger partial charge in [-0.15, -0.1) is 0 Å². The first-order valence-electron chi connectivity index (χ1n) is 8.64. The van der Waals surface area contributed by atoms with Gasteiger partial charge in [-0.05, 0) is 43.3 Å². The molecule has 0 bridgehead atoms. The number of carbonyl (C=O) groups is 2. The second-order valence-electron chi connectivity index (χ2n) is 6.09. The zero-order chi connectivity index (χ0) is 20.3. The third-order valence-corrected chi connectivity index (χ3v) is 4.56. The number of esters is 1. The monoisotopic (exact) mass is 379 g/mol. The largest absolute Gasteiger partial charge is 0.497 e. The lowest BCUT2D eigenvalue weighted by Crippen LogP contribution is -2.24. The molecule has 28 heavy (non-hydrogen) atoms. The van der Waals surface area contributed by atoms with E-state index in [-0.39, 0.29) is 17.1 Å². The van der Waals surface area contributed by atoms with Crippen molar-refractivity contribution in [1.82, 2.24) is 0 Å². The number of allylic oxidation sites excluding steroid dienone is 1. The van der Waals surface area contributed by atoms with Crippen molar-refractivity contribution in [3.63, 3.8) is 0 Å². The van der Waals surface area contributed by atoms with Crippen LogP contribution in [0.25, 0.3) is 6.08 Å². The molecule has 3 rings (SSSR count). The molecule has 0 spiro atoms. The van der Waals surface area contributed by atoms with Gasteiger partial charge in [-0.3, -0.25) is 9.69 Å². The predicted molar refractivity (Wildman–Crippen MR) is 106 cm³/mol. The minimum atomic E-state index is -0.567. The summed E-state index contributed by atoms with van der Waals surface area (Å²) >= 11 is 0. The molecular weight excluding hydrogens is 358 g/mol. The highest BCUT2D eigenvalue weighted by Crippen LogP contribution is 2.36. The number of ether oxygens (including phenoxy) is 3. The molecule has 0 atom stereocenters. The van der Waals surface area contributed by atoms with Crippen LogP contribution in [0.1, 0.15) is 12.5 Å². The van der Waals surface area contributed by atoms with E-state index in [4.69, 9.17) is 14.2 Å². The van der Waals surface area contributed by atoms with Crippen molar-refractivity contribution < 1.29 is 23.8 Å². The van der Waals surface area contributed by atoms with Crippen molar-refractivity contribution in [2.24, 2.45) is 0 Å². The van der Waals surface area contributed by atoms with Gasteiger partial charge in [0, 0.05) is 16.9 Å². The van der Waals surface area contributed by atoms with Crippen LogP contribution in [-0.4, -0.2) is 33.2 Å². The molecule has 2 aromatic rings. The fourth-order valence-corrected chi connectivity index (χ4v) is 3.16. The Bertz CT molecular complexity index is 973. The Hall–Kier alpha value is -3.54. The van der Waals surface area contributed by atoms with Gasteiger partial charge in [0.1, 0.15) is 11.5 Å². The highest BCUT2D eigenvalue weighted by molar-refractivity contribution is 6.23. The molecule has 0 fully saturated rings. The maximum Gasteiger partial charge on any atom is 0.340 e. The first-order chi connectivity index (χ1) is 13.5. The van der Waals surface area contributed by atoms with E-state index in [2.05, 4.69) is 0 Å². The summed E-state index contributed by atoms with van der Waals surface area (Å²) in [6.45, 7) is 1.72. The Labute approximate surface area is 163 Å². The number of carbonyl (C=O) groups excluding carboxylic acids is 2. The molecule has 1 aliphatic heterocycles. The quantitative estimate of drug-likeness (QED) is 0.587. The van der Waals surface area contributed by atoms with Crippen molar-refractivity contribution in [2.75, 3.05) is 26.2 Å². The number of nitrogens with zero attached hydrogens (tertiary/aromatic N) is 1. The number of hydrogen-bond donors (Lipinski definition) is 0. The Balaban J connectivity index is 2.13. The van der Waals surface area contributed by atoms with Gasteiger partial charge >= 0.3 is 5.97 Å². The van der Waals surface area contributed by atoms with Gasteiger partial charge in [-0.2, -0.15) is 0 Å². The van der Waals surface area contributed by atoms with E-state index in [9.17, 15) is 9.59 Å². The van der Waals surface area contributed by atoms with Crippen molar-refractivity contribution in [3.05, 3.63) is 70.9 Å². The van der Waals surface area contributed by atoms with Crippen LogP contribution >= 0.6 is 0 Å². The Kier molecular flexibility index (Phi) is 5.49. The number of methoxy groups -OCH3 is 3. The summed E-state index contributed by atoms with van der Waals surface area (Å²) in [5.74, 6) is 0.402. The van der Waals surface area contributed by atoms with Gasteiger partial charge in [0.15, 0.2) is 0 Å². The first-order valence-corrected chi connectivity index (χ1v) is 8.64. The lowest BCUT2D eigenvalue weighted by Gasteiger charge is -2.18. The number of benzene rings is 2. The Morgan fingerprint density at radius 1 is 0.964 bits per heavy atom. The van der Waals surface area contributed by atoms with Crippen LogP contribution in [0.2, 0.25) is 0 Å². The van der Waals surface area contributed by atoms with Crippen LogP contribution in [-0.2, 0) is 14.3 Å². The standard InChI is InChI=1S/C22H21NO5/c1-14-20(22(25)28-4)18(13-15-7-5-6-8-19(15)27-3)21(24)23(14)16-9-11-17(26-2)12-10-16/h5-13H,1-4H3/b18-13-. The minimum Gasteiger partial charge on any atom is -0.497 e.